The molecule has 4 nitrogen and oxygen atoms in total. The van der Waals surface area contributed by atoms with Crippen LogP contribution in [0.2, 0.25) is 5.02 Å². The molecule has 0 aliphatic carbocycles. The first-order chi connectivity index (χ1) is 8.88. The maximum absolute atomic E-state index is 12.4. The summed E-state index contributed by atoms with van der Waals surface area (Å²) in [6.07, 6.45) is -0.0921. The highest BCUT2D eigenvalue weighted by Gasteiger charge is 2.24. The molecule has 0 aliphatic rings. The summed E-state index contributed by atoms with van der Waals surface area (Å²) in [6.45, 7) is 3.94. The molecule has 1 aromatic carbocycles. The number of hydrogen-bond donors (Lipinski definition) is 1. The van der Waals surface area contributed by atoms with Gasteiger partial charge in [-0.15, -0.1) is 0 Å². The highest BCUT2D eigenvalue weighted by Crippen LogP contribution is 2.27. The number of amides is 1. The van der Waals surface area contributed by atoms with E-state index in [1.807, 2.05) is 6.92 Å². The summed E-state index contributed by atoms with van der Waals surface area (Å²) >= 11 is 9.35. The Morgan fingerprint density at radius 3 is 2.63 bits per heavy atom. The minimum absolute atomic E-state index is 0.0921. The van der Waals surface area contributed by atoms with Crippen LogP contribution in [-0.2, 0) is 4.79 Å². The zero-order valence-electron chi connectivity index (χ0n) is 10.7. The van der Waals surface area contributed by atoms with Crippen molar-refractivity contribution in [2.24, 2.45) is 0 Å². The Morgan fingerprint density at radius 1 is 1.47 bits per heavy atom. The first-order valence-electron chi connectivity index (χ1n) is 5.85. The highest BCUT2D eigenvalue weighted by atomic mass is 79.9. The van der Waals surface area contributed by atoms with E-state index < -0.39 is 5.97 Å². The van der Waals surface area contributed by atoms with Crippen LogP contribution in [0.4, 0.5) is 0 Å². The topological polar surface area (TPSA) is 57.6 Å². The van der Waals surface area contributed by atoms with Gasteiger partial charge in [-0.3, -0.25) is 9.59 Å². The molecule has 1 atom stereocenters. The lowest BCUT2D eigenvalue weighted by Gasteiger charge is -2.27. The zero-order chi connectivity index (χ0) is 14.6. The van der Waals surface area contributed by atoms with Gasteiger partial charge in [-0.1, -0.05) is 17.7 Å². The maximum atomic E-state index is 12.4. The molecule has 0 spiro atoms. The lowest BCUT2D eigenvalue weighted by molar-refractivity contribution is -0.138. The molecule has 104 valence electrons. The van der Waals surface area contributed by atoms with Crippen molar-refractivity contribution >= 4 is 39.4 Å². The monoisotopic (exact) mass is 347 g/mol. The number of carboxylic acids is 1. The number of hydrogen-bond acceptors (Lipinski definition) is 2. The van der Waals surface area contributed by atoms with Gasteiger partial charge in [0.05, 0.1) is 17.0 Å². The second-order valence-electron chi connectivity index (χ2n) is 4.14. The Labute approximate surface area is 125 Å². The minimum atomic E-state index is -0.931. The Hall–Kier alpha value is -1.07. The molecule has 0 bridgehead atoms. The molecular weight excluding hydrogens is 334 g/mol. The van der Waals surface area contributed by atoms with Crippen molar-refractivity contribution in [3.8, 4) is 0 Å². The second kappa shape index (κ2) is 6.91. The summed E-state index contributed by atoms with van der Waals surface area (Å²) in [4.78, 5) is 24.6. The average Bonchev–Trinajstić information content (AvgIpc) is 2.32. The third kappa shape index (κ3) is 3.94. The molecule has 1 amide bonds. The van der Waals surface area contributed by atoms with Gasteiger partial charge >= 0.3 is 5.97 Å². The van der Waals surface area contributed by atoms with Crippen molar-refractivity contribution in [1.82, 2.24) is 4.90 Å². The molecule has 0 fully saturated rings. The zero-order valence-corrected chi connectivity index (χ0v) is 13.0. The summed E-state index contributed by atoms with van der Waals surface area (Å²) in [5, 5.41) is 9.15. The fraction of sp³-hybridized carbons (Fsp3) is 0.385. The van der Waals surface area contributed by atoms with Crippen LogP contribution in [0.15, 0.2) is 22.7 Å². The van der Waals surface area contributed by atoms with E-state index in [9.17, 15) is 9.59 Å². The van der Waals surface area contributed by atoms with Crippen molar-refractivity contribution in [2.45, 2.75) is 26.3 Å². The fourth-order valence-electron chi connectivity index (χ4n) is 1.84. The Morgan fingerprint density at radius 2 is 2.11 bits per heavy atom. The largest absolute Gasteiger partial charge is 0.481 e. The molecule has 1 aromatic rings. The molecule has 0 saturated heterocycles. The van der Waals surface area contributed by atoms with E-state index in [1.165, 1.54) is 4.90 Å². The number of rotatable bonds is 5. The molecule has 0 saturated carbocycles. The van der Waals surface area contributed by atoms with Crippen LogP contribution in [-0.4, -0.2) is 34.5 Å². The van der Waals surface area contributed by atoms with E-state index in [4.69, 9.17) is 16.7 Å². The molecule has 19 heavy (non-hydrogen) atoms. The molecule has 0 aliphatic heterocycles. The summed E-state index contributed by atoms with van der Waals surface area (Å²) < 4.78 is 0.641. The van der Waals surface area contributed by atoms with Gasteiger partial charge < -0.3 is 10.0 Å². The third-order valence-electron chi connectivity index (χ3n) is 2.79. The molecule has 0 aromatic heterocycles. The first-order valence-corrected chi connectivity index (χ1v) is 7.02. The maximum Gasteiger partial charge on any atom is 0.305 e. The number of carbonyl (C=O) groups is 2. The van der Waals surface area contributed by atoms with E-state index in [-0.39, 0.29) is 18.4 Å². The number of carbonyl (C=O) groups excluding carboxylic acids is 1. The Kier molecular flexibility index (Phi) is 5.82. The van der Waals surface area contributed by atoms with Crippen LogP contribution in [0.5, 0.6) is 0 Å². The molecule has 0 radical (unpaired) electrons. The number of nitrogens with zero attached hydrogens (tertiary/aromatic N) is 1. The van der Waals surface area contributed by atoms with Crippen LogP contribution in [0.25, 0.3) is 0 Å². The summed E-state index contributed by atoms with van der Waals surface area (Å²) in [7, 11) is 0. The predicted octanol–water partition coefficient (Wildman–Crippen LogP) is 3.43. The smallest absolute Gasteiger partial charge is 0.305 e. The van der Waals surface area contributed by atoms with Crippen LogP contribution in [0, 0.1) is 0 Å². The SMILES string of the molecule is CCN(C(=O)c1cccc(Br)c1Cl)C(C)CC(=O)O. The van der Waals surface area contributed by atoms with Gasteiger partial charge in [0.15, 0.2) is 0 Å². The number of benzene rings is 1. The van der Waals surface area contributed by atoms with Crippen molar-refractivity contribution in [3.63, 3.8) is 0 Å². The van der Waals surface area contributed by atoms with Crippen molar-refractivity contribution < 1.29 is 14.7 Å². The van der Waals surface area contributed by atoms with Gasteiger partial charge in [0.1, 0.15) is 0 Å². The third-order valence-corrected chi connectivity index (χ3v) is 4.08. The number of carboxylic acid groups (broad SMARTS) is 1. The molecule has 0 heterocycles. The Bertz CT molecular complexity index is 493. The van der Waals surface area contributed by atoms with Gasteiger partial charge in [0.25, 0.3) is 5.91 Å². The van der Waals surface area contributed by atoms with Crippen LogP contribution >= 0.6 is 27.5 Å². The van der Waals surface area contributed by atoms with Crippen LogP contribution in [0.3, 0.4) is 0 Å². The lowest BCUT2D eigenvalue weighted by atomic mass is 10.1. The molecule has 6 heteroatoms. The van der Waals surface area contributed by atoms with Crippen molar-refractivity contribution in [1.29, 1.82) is 0 Å². The fourth-order valence-corrected chi connectivity index (χ4v) is 2.42. The molecule has 1 unspecified atom stereocenters. The molecule has 1 N–H and O–H groups in total. The number of aliphatic carboxylic acids is 1. The molecular formula is C13H15BrClNO3. The molecule has 1 rings (SSSR count). The van der Waals surface area contributed by atoms with Crippen molar-refractivity contribution in [2.75, 3.05) is 6.54 Å². The van der Waals surface area contributed by atoms with Gasteiger partial charge in [-0.2, -0.15) is 0 Å². The number of halogens is 2. The summed E-state index contributed by atoms with van der Waals surface area (Å²) in [5.41, 5.74) is 0.370. The second-order valence-corrected chi connectivity index (χ2v) is 5.37. The predicted molar refractivity (Wildman–Crippen MR) is 77.6 cm³/mol. The van der Waals surface area contributed by atoms with Crippen molar-refractivity contribution in [3.05, 3.63) is 33.3 Å². The van der Waals surface area contributed by atoms with Gasteiger partial charge in [-0.25, -0.2) is 0 Å². The lowest BCUT2D eigenvalue weighted by Crippen LogP contribution is -2.39. The van der Waals surface area contributed by atoms with E-state index in [1.54, 1.807) is 25.1 Å². The van der Waals surface area contributed by atoms with Gasteiger partial charge in [0, 0.05) is 17.1 Å². The Balaban J connectivity index is 3.02. The summed E-state index contributed by atoms with van der Waals surface area (Å²) in [5.74, 6) is -1.19. The average molecular weight is 349 g/mol. The minimum Gasteiger partial charge on any atom is -0.481 e. The normalized spacial score (nSPS) is 12.0. The quantitative estimate of drug-likeness (QED) is 0.887. The van der Waals surface area contributed by atoms with E-state index in [2.05, 4.69) is 15.9 Å². The first kappa shape index (κ1) is 16.0. The highest BCUT2D eigenvalue weighted by molar-refractivity contribution is 9.10. The van der Waals surface area contributed by atoms with E-state index in [0.717, 1.165) is 0 Å². The van der Waals surface area contributed by atoms with E-state index >= 15 is 0 Å². The standard InChI is InChI=1S/C13H15BrClNO3/c1-3-16(8(2)7-11(17)18)13(19)9-5-4-6-10(14)12(9)15/h4-6,8H,3,7H2,1-2H3,(H,17,18). The summed E-state index contributed by atoms with van der Waals surface area (Å²) in [6, 6.07) is 4.71. The van der Waals surface area contributed by atoms with Gasteiger partial charge in [0.2, 0.25) is 0 Å². The van der Waals surface area contributed by atoms with Crippen LogP contribution in [0.1, 0.15) is 30.6 Å². The van der Waals surface area contributed by atoms with Gasteiger partial charge in [-0.05, 0) is 41.9 Å². The van der Waals surface area contributed by atoms with Crippen LogP contribution < -0.4 is 0 Å². The van der Waals surface area contributed by atoms with E-state index in [0.29, 0.717) is 21.6 Å².